The number of hydrogen-bond acceptors (Lipinski definition) is 5. The first-order valence-electron chi connectivity index (χ1n) is 13.8. The van der Waals surface area contributed by atoms with Gasteiger partial charge in [0.2, 0.25) is 10.0 Å². The highest BCUT2D eigenvalue weighted by Crippen LogP contribution is 2.37. The number of rotatable bonds is 9. The van der Waals surface area contributed by atoms with Crippen LogP contribution < -0.4 is 11.1 Å². The molecular formula is C29H37FN4O4S. The summed E-state index contributed by atoms with van der Waals surface area (Å²) in [7, 11) is -3.22. The molecule has 0 saturated carbocycles. The van der Waals surface area contributed by atoms with Crippen LogP contribution in [0.2, 0.25) is 0 Å². The second-order valence-corrected chi connectivity index (χ2v) is 12.9. The maximum absolute atomic E-state index is 14.7. The number of nitrogens with one attached hydrogen (secondary N) is 2. The molecule has 1 amide bonds. The van der Waals surface area contributed by atoms with Crippen LogP contribution in [0.5, 0.6) is 0 Å². The van der Waals surface area contributed by atoms with E-state index >= 15 is 0 Å². The van der Waals surface area contributed by atoms with Gasteiger partial charge < -0.3 is 20.8 Å². The Hall–Kier alpha value is -2.79. The van der Waals surface area contributed by atoms with E-state index in [0.29, 0.717) is 60.6 Å². The average molecular weight is 557 g/mol. The summed E-state index contributed by atoms with van der Waals surface area (Å²) in [6.45, 7) is 5.57. The lowest BCUT2D eigenvalue weighted by atomic mass is 9.88. The summed E-state index contributed by atoms with van der Waals surface area (Å²) in [6, 6.07) is 8.67. The molecule has 210 valence electrons. The highest BCUT2D eigenvalue weighted by molar-refractivity contribution is 7.89. The fourth-order valence-corrected chi connectivity index (χ4v) is 7.00. The molecule has 0 aliphatic carbocycles. The molecule has 0 spiro atoms. The largest absolute Gasteiger partial charge is 0.381 e. The summed E-state index contributed by atoms with van der Waals surface area (Å²) in [4.78, 5) is 15.7. The van der Waals surface area contributed by atoms with E-state index in [4.69, 9.17) is 10.5 Å². The first-order valence-corrected chi connectivity index (χ1v) is 15.4. The molecule has 3 heterocycles. The maximum Gasteiger partial charge on any atom is 0.250 e. The summed E-state index contributed by atoms with van der Waals surface area (Å²) < 4.78 is 46.4. The Bertz CT molecular complexity index is 1440. The molecule has 0 atom stereocenters. The molecule has 5 rings (SSSR count). The second-order valence-electron chi connectivity index (χ2n) is 10.7. The number of benzene rings is 2. The van der Waals surface area contributed by atoms with Crippen LogP contribution in [-0.2, 0) is 21.3 Å². The normalized spacial score (nSPS) is 18.1. The highest BCUT2D eigenvalue weighted by atomic mass is 32.2. The minimum atomic E-state index is -3.22. The molecule has 4 N–H and O–H groups in total. The van der Waals surface area contributed by atoms with Crippen LogP contribution in [0.1, 0.15) is 60.0 Å². The molecule has 0 unspecified atom stereocenters. The van der Waals surface area contributed by atoms with Gasteiger partial charge in [0.15, 0.2) is 0 Å². The predicted octanol–water partition coefficient (Wildman–Crippen LogP) is 4.12. The van der Waals surface area contributed by atoms with Gasteiger partial charge in [-0.25, -0.2) is 17.1 Å². The first kappa shape index (κ1) is 27.8. The van der Waals surface area contributed by atoms with E-state index in [9.17, 15) is 17.6 Å². The number of fused-ring (bicyclic) bond motifs is 1. The van der Waals surface area contributed by atoms with Gasteiger partial charge in [-0.1, -0.05) is 0 Å². The third kappa shape index (κ3) is 6.19. The maximum atomic E-state index is 14.7. The van der Waals surface area contributed by atoms with Crippen molar-refractivity contribution < 1.29 is 22.3 Å². The average Bonchev–Trinajstić information content (AvgIpc) is 3.37. The second kappa shape index (κ2) is 11.8. The van der Waals surface area contributed by atoms with Crippen LogP contribution in [-0.4, -0.2) is 62.2 Å². The number of nitrogens with zero attached hydrogens (tertiary/aromatic N) is 1. The fraction of sp³-hybridized carbons (Fsp3) is 0.483. The Morgan fingerprint density at radius 1 is 1.10 bits per heavy atom. The number of ether oxygens (including phenoxy) is 1. The molecule has 2 saturated heterocycles. The lowest BCUT2D eigenvalue weighted by Crippen LogP contribution is -2.38. The highest BCUT2D eigenvalue weighted by Gasteiger charge is 2.29. The van der Waals surface area contributed by atoms with Crippen LogP contribution in [0.15, 0.2) is 36.5 Å². The summed E-state index contributed by atoms with van der Waals surface area (Å²) in [6.07, 6.45) is 5.33. The zero-order chi connectivity index (χ0) is 27.6. The van der Waals surface area contributed by atoms with Crippen molar-refractivity contribution >= 4 is 26.8 Å². The molecule has 0 bridgehead atoms. The minimum Gasteiger partial charge on any atom is -0.381 e. The fourth-order valence-electron chi connectivity index (χ4n) is 5.87. The lowest BCUT2D eigenvalue weighted by Gasteiger charge is -2.31. The Labute approximate surface area is 229 Å². The van der Waals surface area contributed by atoms with Crippen molar-refractivity contribution in [2.75, 3.05) is 38.6 Å². The SMILES string of the molecule is CCS(=O)(=O)N1CCC(c2c[nH]c3c(C(N)=O)cc(-c4cc(F)cc(CNCC5CCOCC5)c4)cc23)CC1. The van der Waals surface area contributed by atoms with Gasteiger partial charge in [-0.2, -0.15) is 0 Å². The van der Waals surface area contributed by atoms with Crippen molar-refractivity contribution in [3.05, 3.63) is 59.0 Å². The third-order valence-corrected chi connectivity index (χ3v) is 10.0. The number of amides is 1. The molecule has 8 nitrogen and oxygen atoms in total. The number of aromatic nitrogens is 1. The lowest BCUT2D eigenvalue weighted by molar-refractivity contribution is 0.0662. The van der Waals surface area contributed by atoms with Crippen molar-refractivity contribution in [2.45, 2.75) is 45.1 Å². The van der Waals surface area contributed by atoms with Crippen LogP contribution in [0.4, 0.5) is 4.39 Å². The number of nitrogens with two attached hydrogens (primary N) is 1. The van der Waals surface area contributed by atoms with Crippen molar-refractivity contribution in [1.82, 2.24) is 14.6 Å². The summed E-state index contributed by atoms with van der Waals surface area (Å²) in [5.74, 6) is -0.107. The number of carbonyl (C=O) groups is 1. The summed E-state index contributed by atoms with van der Waals surface area (Å²) in [5.41, 5.74) is 10.0. The molecule has 2 aliphatic heterocycles. The number of sulfonamides is 1. The van der Waals surface area contributed by atoms with E-state index in [0.717, 1.165) is 49.1 Å². The molecule has 2 fully saturated rings. The van der Waals surface area contributed by atoms with Crippen molar-refractivity contribution in [3.8, 4) is 11.1 Å². The molecule has 39 heavy (non-hydrogen) atoms. The number of halogens is 1. The molecule has 2 aliphatic rings. The Morgan fingerprint density at radius 3 is 2.51 bits per heavy atom. The Kier molecular flexibility index (Phi) is 8.37. The third-order valence-electron chi connectivity index (χ3n) is 8.13. The van der Waals surface area contributed by atoms with E-state index in [1.807, 2.05) is 18.3 Å². The molecule has 2 aromatic carbocycles. The van der Waals surface area contributed by atoms with Gasteiger partial charge in [-0.3, -0.25) is 4.79 Å². The van der Waals surface area contributed by atoms with Crippen molar-refractivity contribution in [1.29, 1.82) is 0 Å². The van der Waals surface area contributed by atoms with Gasteiger partial charge in [0, 0.05) is 44.4 Å². The van der Waals surface area contributed by atoms with E-state index in [-0.39, 0.29) is 17.5 Å². The number of H-pyrrole nitrogens is 1. The number of carbonyl (C=O) groups excluding carboxylic acids is 1. The van der Waals surface area contributed by atoms with Gasteiger partial charge in [0.25, 0.3) is 5.91 Å². The van der Waals surface area contributed by atoms with E-state index in [1.165, 1.54) is 12.1 Å². The van der Waals surface area contributed by atoms with E-state index in [1.54, 1.807) is 17.3 Å². The summed E-state index contributed by atoms with van der Waals surface area (Å²) in [5, 5.41) is 4.32. The standard InChI is InChI=1S/C29H37FN4O4S/c1-2-39(36,37)34-7-3-21(4-8-34)27-18-33-28-25(27)14-23(15-26(28)29(31)35)22-11-20(12-24(30)13-22)17-32-16-19-5-9-38-10-6-19/h11-15,18-19,21,32-33H,2-10,16-17H2,1H3,(H2,31,35). The van der Waals surface area contributed by atoms with E-state index < -0.39 is 15.9 Å². The van der Waals surface area contributed by atoms with Crippen LogP contribution in [0, 0.1) is 11.7 Å². The zero-order valence-electron chi connectivity index (χ0n) is 22.3. The Balaban J connectivity index is 1.41. The smallest absolute Gasteiger partial charge is 0.250 e. The topological polar surface area (TPSA) is 118 Å². The van der Waals surface area contributed by atoms with Crippen molar-refractivity contribution in [2.24, 2.45) is 11.7 Å². The van der Waals surface area contributed by atoms with Gasteiger partial charge >= 0.3 is 0 Å². The molecule has 0 radical (unpaired) electrons. The quantitative estimate of drug-likeness (QED) is 0.367. The predicted molar refractivity (Wildman–Crippen MR) is 150 cm³/mol. The van der Waals surface area contributed by atoms with Gasteiger partial charge in [0.1, 0.15) is 5.82 Å². The van der Waals surface area contributed by atoms with Crippen LogP contribution in [0.3, 0.4) is 0 Å². The number of piperidine rings is 1. The molecule has 10 heteroatoms. The number of hydrogen-bond donors (Lipinski definition) is 3. The summed E-state index contributed by atoms with van der Waals surface area (Å²) >= 11 is 0. The zero-order valence-corrected chi connectivity index (χ0v) is 23.2. The molecular weight excluding hydrogens is 519 g/mol. The number of primary amides is 1. The number of aromatic amines is 1. The van der Waals surface area contributed by atoms with E-state index in [2.05, 4.69) is 10.3 Å². The monoisotopic (exact) mass is 556 g/mol. The van der Waals surface area contributed by atoms with Crippen LogP contribution in [0.25, 0.3) is 22.0 Å². The van der Waals surface area contributed by atoms with Gasteiger partial charge in [-0.15, -0.1) is 0 Å². The molecule has 1 aromatic heterocycles. The van der Waals surface area contributed by atoms with Crippen LogP contribution >= 0.6 is 0 Å². The minimum absolute atomic E-state index is 0.0940. The first-order chi connectivity index (χ1) is 18.7. The molecule has 3 aromatic rings. The van der Waals surface area contributed by atoms with Gasteiger partial charge in [-0.05, 0) is 104 Å². The van der Waals surface area contributed by atoms with Gasteiger partial charge in [0.05, 0.1) is 16.8 Å². The van der Waals surface area contributed by atoms with Crippen molar-refractivity contribution in [3.63, 3.8) is 0 Å². The Morgan fingerprint density at radius 2 is 1.82 bits per heavy atom.